The van der Waals surface area contributed by atoms with E-state index in [9.17, 15) is 4.79 Å². The summed E-state index contributed by atoms with van der Waals surface area (Å²) in [5.74, 6) is -0.00728. The van der Waals surface area contributed by atoms with Gasteiger partial charge in [-0.3, -0.25) is 4.79 Å². The molecule has 0 fully saturated rings. The molecule has 180 valence electrons. The van der Waals surface area contributed by atoms with Crippen LogP contribution in [0.25, 0.3) is 0 Å². The molecule has 7 heteroatoms. The van der Waals surface area contributed by atoms with Crippen LogP contribution in [-0.4, -0.2) is 42.9 Å². The Balaban J connectivity index is 3.84. The number of unbranched alkanes of at least 4 members (excludes halogenated alkanes) is 7. The minimum atomic E-state index is -2.46. The van der Waals surface area contributed by atoms with Gasteiger partial charge in [0.05, 0.1) is 0 Å². The monoisotopic (exact) mass is 462 g/mol. The van der Waals surface area contributed by atoms with Crippen molar-refractivity contribution in [2.45, 2.75) is 124 Å². The van der Waals surface area contributed by atoms with E-state index in [-0.39, 0.29) is 11.0 Å². The van der Waals surface area contributed by atoms with Crippen molar-refractivity contribution in [3.63, 3.8) is 0 Å². The predicted molar refractivity (Wildman–Crippen MR) is 130 cm³/mol. The lowest BCUT2D eigenvalue weighted by Crippen LogP contribution is -2.45. The lowest BCUT2D eigenvalue weighted by molar-refractivity contribution is -0.135. The van der Waals surface area contributed by atoms with Gasteiger partial charge in [0.25, 0.3) is 14.3 Å². The molecule has 0 aromatic heterocycles. The summed E-state index contributed by atoms with van der Waals surface area (Å²) in [7, 11) is -4.43. The van der Waals surface area contributed by atoms with Gasteiger partial charge in [-0.15, -0.1) is 0 Å². The maximum atomic E-state index is 12.1. The van der Waals surface area contributed by atoms with Crippen LogP contribution in [0.15, 0.2) is 0 Å². The first-order valence-corrected chi connectivity index (χ1v) is 17.0. The average molecular weight is 463 g/mol. The molecule has 0 rings (SSSR count). The highest BCUT2D eigenvalue weighted by atomic mass is 28.4. The summed E-state index contributed by atoms with van der Waals surface area (Å²) >= 11 is 0. The van der Waals surface area contributed by atoms with Crippen molar-refractivity contribution in [3.8, 4) is 0 Å². The second kappa shape index (κ2) is 15.6. The van der Waals surface area contributed by atoms with E-state index in [0.717, 1.165) is 25.3 Å². The number of carbonyl (C=O) groups excluding carboxylic acids is 1. The molecule has 0 unspecified atom stereocenters. The fourth-order valence-electron chi connectivity index (χ4n) is 3.16. The highest BCUT2D eigenvalue weighted by Gasteiger charge is 2.40. The molecule has 0 saturated heterocycles. The first-order chi connectivity index (χ1) is 14.0. The zero-order chi connectivity index (χ0) is 23.1. The normalized spacial score (nSPS) is 12.9. The second-order valence-electron chi connectivity index (χ2n) is 9.54. The summed E-state index contributed by atoms with van der Waals surface area (Å²) in [6, 6.07) is 0.916. The third-order valence-corrected chi connectivity index (χ3v) is 13.4. The van der Waals surface area contributed by atoms with E-state index in [1.165, 1.54) is 32.1 Å². The van der Waals surface area contributed by atoms with E-state index < -0.39 is 17.1 Å². The van der Waals surface area contributed by atoms with E-state index in [1.54, 1.807) is 0 Å². The van der Waals surface area contributed by atoms with E-state index in [4.69, 9.17) is 17.7 Å². The number of hydrogen-bond acceptors (Lipinski definition) is 5. The fourth-order valence-corrected chi connectivity index (χ4v) is 6.82. The number of hydrogen-bond donors (Lipinski definition) is 0. The van der Waals surface area contributed by atoms with Crippen LogP contribution in [0.2, 0.25) is 24.2 Å². The average Bonchev–Trinajstić information content (AvgIpc) is 2.62. The zero-order valence-electron chi connectivity index (χ0n) is 21.2. The topological polar surface area (TPSA) is 54.0 Å². The molecule has 0 aliphatic heterocycles. The van der Waals surface area contributed by atoms with Gasteiger partial charge in [0, 0.05) is 32.3 Å². The van der Waals surface area contributed by atoms with Crippen molar-refractivity contribution < 1.29 is 22.5 Å². The molecular weight excluding hydrogens is 412 g/mol. The van der Waals surface area contributed by atoms with Gasteiger partial charge >= 0.3 is 8.80 Å². The lowest BCUT2D eigenvalue weighted by atomic mass is 10.1. The van der Waals surface area contributed by atoms with Gasteiger partial charge in [0.2, 0.25) is 0 Å². The van der Waals surface area contributed by atoms with Gasteiger partial charge in [0.15, 0.2) is 0 Å². The molecule has 5 nitrogen and oxygen atoms in total. The Morgan fingerprint density at radius 3 is 1.50 bits per heavy atom. The van der Waals surface area contributed by atoms with Crippen LogP contribution < -0.4 is 0 Å². The number of rotatable bonds is 18. The van der Waals surface area contributed by atoms with E-state index in [0.29, 0.717) is 26.2 Å². The minimum absolute atomic E-state index is 0.00728. The molecule has 0 aromatic rings. The molecule has 0 amide bonds. The van der Waals surface area contributed by atoms with Crippen molar-refractivity contribution in [2.75, 3.05) is 19.8 Å². The molecule has 0 aromatic carbocycles. The molecule has 0 bridgehead atoms. The molecule has 0 saturated carbocycles. The minimum Gasteiger partial charge on any atom is -0.519 e. The molecule has 0 radical (unpaired) electrons. The summed E-state index contributed by atoms with van der Waals surface area (Å²) in [6.45, 7) is 18.7. The third-order valence-electron chi connectivity index (χ3n) is 5.88. The van der Waals surface area contributed by atoms with Gasteiger partial charge in [-0.05, 0) is 51.7 Å². The first-order valence-electron chi connectivity index (χ1n) is 12.2. The maximum Gasteiger partial charge on any atom is 0.500 e. The molecule has 0 spiro atoms. The Morgan fingerprint density at radius 2 is 1.10 bits per heavy atom. The summed E-state index contributed by atoms with van der Waals surface area (Å²) in [6.07, 6.45) is 9.84. The van der Waals surface area contributed by atoms with Crippen LogP contribution in [0, 0.1) is 0 Å². The van der Waals surface area contributed by atoms with Crippen molar-refractivity contribution in [2.24, 2.45) is 0 Å². The Bertz CT molecular complexity index is 432. The molecule has 30 heavy (non-hydrogen) atoms. The van der Waals surface area contributed by atoms with Gasteiger partial charge in [0.1, 0.15) is 0 Å². The van der Waals surface area contributed by atoms with Gasteiger partial charge in [-0.2, -0.15) is 0 Å². The van der Waals surface area contributed by atoms with Crippen LogP contribution in [0.4, 0.5) is 0 Å². The summed E-state index contributed by atoms with van der Waals surface area (Å²) in [5.41, 5.74) is 0. The molecule has 0 N–H and O–H groups in total. The Hall–Kier alpha value is -0.216. The lowest BCUT2D eigenvalue weighted by Gasteiger charge is -2.35. The Labute approximate surface area is 189 Å². The van der Waals surface area contributed by atoms with Gasteiger partial charge < -0.3 is 17.7 Å². The maximum absolute atomic E-state index is 12.1. The molecule has 0 aliphatic rings. The van der Waals surface area contributed by atoms with Crippen LogP contribution >= 0.6 is 0 Å². The van der Waals surface area contributed by atoms with Crippen molar-refractivity contribution in [1.82, 2.24) is 0 Å². The Kier molecular flexibility index (Phi) is 15.5. The molecule has 0 aliphatic carbocycles. The molecule has 0 heterocycles. The first kappa shape index (κ1) is 29.8. The third kappa shape index (κ3) is 12.6. The largest absolute Gasteiger partial charge is 0.519 e. The van der Waals surface area contributed by atoms with E-state index in [1.807, 2.05) is 20.8 Å². The van der Waals surface area contributed by atoms with Gasteiger partial charge in [-0.25, -0.2) is 0 Å². The van der Waals surface area contributed by atoms with E-state index in [2.05, 4.69) is 33.9 Å². The number of carbonyl (C=O) groups is 1. The molecular formula is C23H50O5Si2. The summed E-state index contributed by atoms with van der Waals surface area (Å²) < 4.78 is 23.6. The summed E-state index contributed by atoms with van der Waals surface area (Å²) in [4.78, 5) is 12.1. The standard InChI is InChI=1S/C23H50O5Si2/c1-9-25-30(26-10-2,27-11-3)21-19-17-15-13-12-14-16-18-20-22(24)28-29(7,8)23(4,5)6/h9-21H2,1-8H3. The smallest absolute Gasteiger partial charge is 0.500 e. The second-order valence-corrected chi connectivity index (χ2v) is 17.0. The summed E-state index contributed by atoms with van der Waals surface area (Å²) in [5, 5.41) is 0.0821. The van der Waals surface area contributed by atoms with Crippen LogP contribution in [0.1, 0.15) is 99.3 Å². The van der Waals surface area contributed by atoms with Gasteiger partial charge in [-0.1, -0.05) is 59.3 Å². The fraction of sp³-hybridized carbons (Fsp3) is 0.957. The van der Waals surface area contributed by atoms with Crippen molar-refractivity contribution in [3.05, 3.63) is 0 Å². The Morgan fingerprint density at radius 1 is 0.700 bits per heavy atom. The van der Waals surface area contributed by atoms with Crippen LogP contribution in [0.3, 0.4) is 0 Å². The van der Waals surface area contributed by atoms with Crippen molar-refractivity contribution >= 4 is 23.1 Å². The molecule has 0 atom stereocenters. The zero-order valence-corrected chi connectivity index (χ0v) is 23.2. The van der Waals surface area contributed by atoms with Crippen LogP contribution in [-0.2, 0) is 22.5 Å². The highest BCUT2D eigenvalue weighted by Crippen LogP contribution is 2.36. The highest BCUT2D eigenvalue weighted by molar-refractivity contribution is 6.75. The van der Waals surface area contributed by atoms with Crippen molar-refractivity contribution in [1.29, 1.82) is 0 Å². The quantitative estimate of drug-likeness (QED) is 0.161. The SMILES string of the molecule is CCO[Si](CCCCCCCCCCC(=O)O[Si](C)(C)C(C)(C)C)(OCC)OCC. The van der Waals surface area contributed by atoms with Crippen LogP contribution in [0.5, 0.6) is 0 Å². The van der Waals surface area contributed by atoms with E-state index >= 15 is 0 Å². The predicted octanol–water partition coefficient (Wildman–Crippen LogP) is 7.09.